The van der Waals surface area contributed by atoms with Crippen LogP contribution in [-0.2, 0) is 4.79 Å². The number of rotatable bonds is 1. The van der Waals surface area contributed by atoms with E-state index in [4.69, 9.17) is 21.9 Å². The standard InChI is InChI=1S/C20H9N3O2S2/c21-9-13-4-2-1-3-12(13)5-6-14-10-22-11-15-7-16(25-18(14)15)8-17-19(24)23-20(26)27-17/h1-4,7-8,10-11H,(H,23,24,26)/b17-8+. The molecule has 0 bridgehead atoms. The molecule has 0 spiro atoms. The number of amides is 1. The summed E-state index contributed by atoms with van der Waals surface area (Å²) in [6, 6.07) is 11.0. The number of thioether (sulfide) groups is 1. The number of aromatic nitrogens is 1. The summed E-state index contributed by atoms with van der Waals surface area (Å²) in [6.45, 7) is 0. The largest absolute Gasteiger partial charge is 0.455 e. The quantitative estimate of drug-likeness (QED) is 0.391. The predicted molar refractivity (Wildman–Crippen MR) is 107 cm³/mol. The summed E-state index contributed by atoms with van der Waals surface area (Å²) >= 11 is 6.18. The van der Waals surface area contributed by atoms with Gasteiger partial charge in [-0.2, -0.15) is 5.26 Å². The Morgan fingerprint density at radius 1 is 1.19 bits per heavy atom. The van der Waals surface area contributed by atoms with Gasteiger partial charge in [-0.1, -0.05) is 48.0 Å². The van der Waals surface area contributed by atoms with Crippen molar-refractivity contribution in [3.05, 3.63) is 70.1 Å². The molecular weight excluding hydrogens is 378 g/mol. The van der Waals surface area contributed by atoms with Gasteiger partial charge in [0.2, 0.25) is 0 Å². The van der Waals surface area contributed by atoms with E-state index in [2.05, 4.69) is 28.2 Å². The lowest BCUT2D eigenvalue weighted by Crippen LogP contribution is -2.17. The summed E-state index contributed by atoms with van der Waals surface area (Å²) in [7, 11) is 0. The predicted octanol–water partition coefficient (Wildman–Crippen LogP) is 3.59. The monoisotopic (exact) mass is 387 g/mol. The van der Waals surface area contributed by atoms with Crippen molar-refractivity contribution in [2.45, 2.75) is 0 Å². The number of furan rings is 1. The maximum absolute atomic E-state index is 11.8. The van der Waals surface area contributed by atoms with Gasteiger partial charge in [0.15, 0.2) is 5.58 Å². The Balaban J connectivity index is 1.74. The van der Waals surface area contributed by atoms with E-state index < -0.39 is 0 Å². The topological polar surface area (TPSA) is 78.9 Å². The molecule has 1 aliphatic heterocycles. The fraction of sp³-hybridized carbons (Fsp3) is 0. The minimum atomic E-state index is -0.239. The molecule has 0 unspecified atom stereocenters. The van der Waals surface area contributed by atoms with Crippen molar-refractivity contribution in [2.24, 2.45) is 0 Å². The number of nitrogens with zero attached hydrogens (tertiary/aromatic N) is 2. The van der Waals surface area contributed by atoms with E-state index in [0.717, 1.165) is 5.39 Å². The lowest BCUT2D eigenvalue weighted by Gasteiger charge is -1.94. The van der Waals surface area contributed by atoms with Gasteiger partial charge in [0.05, 0.1) is 16.0 Å². The van der Waals surface area contributed by atoms with E-state index in [-0.39, 0.29) is 5.91 Å². The molecule has 3 aromatic rings. The molecule has 1 N–H and O–H groups in total. The lowest BCUT2D eigenvalue weighted by atomic mass is 10.1. The number of hydrogen-bond acceptors (Lipinski definition) is 6. The molecule has 1 fully saturated rings. The molecule has 0 aliphatic carbocycles. The lowest BCUT2D eigenvalue weighted by molar-refractivity contribution is -0.115. The Morgan fingerprint density at radius 2 is 1.96 bits per heavy atom. The fourth-order valence-electron chi connectivity index (χ4n) is 2.52. The number of nitriles is 1. The van der Waals surface area contributed by atoms with Crippen LogP contribution < -0.4 is 5.32 Å². The fourth-order valence-corrected chi connectivity index (χ4v) is 3.54. The average molecular weight is 387 g/mol. The number of pyridine rings is 1. The molecule has 3 heterocycles. The first-order chi connectivity index (χ1) is 13.1. The zero-order chi connectivity index (χ0) is 18.8. The molecule has 2 aromatic heterocycles. The van der Waals surface area contributed by atoms with Crippen molar-refractivity contribution < 1.29 is 9.21 Å². The summed E-state index contributed by atoms with van der Waals surface area (Å²) in [6.07, 6.45) is 4.92. The molecule has 0 atom stereocenters. The molecule has 1 saturated heterocycles. The Kier molecular flexibility index (Phi) is 4.47. The Morgan fingerprint density at radius 3 is 2.70 bits per heavy atom. The molecule has 4 rings (SSSR count). The average Bonchev–Trinajstić information content (AvgIpc) is 3.22. The van der Waals surface area contributed by atoms with Crippen molar-refractivity contribution >= 4 is 51.3 Å². The van der Waals surface area contributed by atoms with Gasteiger partial charge < -0.3 is 9.73 Å². The Bertz CT molecular complexity index is 1240. The third-order valence-electron chi connectivity index (χ3n) is 3.74. The van der Waals surface area contributed by atoms with Gasteiger partial charge in [-0.3, -0.25) is 9.78 Å². The smallest absolute Gasteiger partial charge is 0.263 e. The molecule has 27 heavy (non-hydrogen) atoms. The highest BCUT2D eigenvalue weighted by Crippen LogP contribution is 2.29. The Hall–Kier alpha value is -3.39. The summed E-state index contributed by atoms with van der Waals surface area (Å²) in [5.74, 6) is 6.29. The molecule has 1 amide bonds. The van der Waals surface area contributed by atoms with Crippen LogP contribution in [0.3, 0.4) is 0 Å². The normalized spacial score (nSPS) is 14.7. The molecule has 1 aromatic carbocycles. The van der Waals surface area contributed by atoms with Gasteiger partial charge in [-0.05, 0) is 18.2 Å². The molecule has 7 heteroatoms. The van der Waals surface area contributed by atoms with Gasteiger partial charge in [0, 0.05) is 29.4 Å². The van der Waals surface area contributed by atoms with E-state index >= 15 is 0 Å². The second kappa shape index (κ2) is 7.08. The molecule has 5 nitrogen and oxygen atoms in total. The van der Waals surface area contributed by atoms with Crippen LogP contribution in [0.15, 0.2) is 52.0 Å². The maximum atomic E-state index is 11.8. The van der Waals surface area contributed by atoms with Crippen molar-refractivity contribution in [3.8, 4) is 17.9 Å². The number of thiocarbonyl (C=S) groups is 1. The summed E-state index contributed by atoms with van der Waals surface area (Å²) in [5, 5.41) is 12.5. The highest BCUT2D eigenvalue weighted by atomic mass is 32.2. The number of nitrogens with one attached hydrogen (secondary N) is 1. The molecular formula is C20H9N3O2S2. The second-order valence-corrected chi connectivity index (χ2v) is 7.23. The first-order valence-corrected chi connectivity index (χ1v) is 9.00. The van der Waals surface area contributed by atoms with E-state index in [1.54, 1.807) is 42.7 Å². The maximum Gasteiger partial charge on any atom is 0.263 e. The van der Waals surface area contributed by atoms with E-state index in [1.807, 2.05) is 6.07 Å². The van der Waals surface area contributed by atoms with Crippen molar-refractivity contribution in [3.63, 3.8) is 0 Å². The van der Waals surface area contributed by atoms with Crippen LogP contribution in [0.25, 0.3) is 17.0 Å². The third kappa shape index (κ3) is 3.47. The first kappa shape index (κ1) is 17.0. The van der Waals surface area contributed by atoms with Crippen LogP contribution in [0.5, 0.6) is 0 Å². The van der Waals surface area contributed by atoms with Gasteiger partial charge in [0.1, 0.15) is 16.2 Å². The van der Waals surface area contributed by atoms with Gasteiger partial charge >= 0.3 is 0 Å². The van der Waals surface area contributed by atoms with E-state index in [9.17, 15) is 4.79 Å². The van der Waals surface area contributed by atoms with Crippen LogP contribution in [0.4, 0.5) is 0 Å². The van der Waals surface area contributed by atoms with Crippen molar-refractivity contribution in [2.75, 3.05) is 0 Å². The molecule has 128 valence electrons. The SMILES string of the molecule is N#Cc1ccccc1C#Cc1cncc2cc(/C=C3/SC(=S)NC3=O)oc12. The van der Waals surface area contributed by atoms with Crippen LogP contribution in [0, 0.1) is 23.2 Å². The number of carbonyl (C=O) groups is 1. The van der Waals surface area contributed by atoms with E-state index in [0.29, 0.717) is 37.3 Å². The van der Waals surface area contributed by atoms with Crippen LogP contribution in [0.1, 0.15) is 22.5 Å². The Labute approximate surface area is 164 Å². The van der Waals surface area contributed by atoms with Crippen molar-refractivity contribution in [1.82, 2.24) is 10.3 Å². The van der Waals surface area contributed by atoms with Gasteiger partial charge in [-0.15, -0.1) is 0 Å². The molecule has 0 radical (unpaired) electrons. The minimum absolute atomic E-state index is 0.239. The number of carbonyl (C=O) groups excluding carboxylic acids is 1. The summed E-state index contributed by atoms with van der Waals surface area (Å²) in [5.41, 5.74) is 2.32. The third-order valence-corrected chi connectivity index (χ3v) is 4.90. The van der Waals surface area contributed by atoms with Crippen LogP contribution in [-0.4, -0.2) is 15.2 Å². The minimum Gasteiger partial charge on any atom is -0.455 e. The van der Waals surface area contributed by atoms with E-state index in [1.165, 1.54) is 11.8 Å². The zero-order valence-electron chi connectivity index (χ0n) is 13.6. The first-order valence-electron chi connectivity index (χ1n) is 7.77. The molecule has 1 aliphatic rings. The summed E-state index contributed by atoms with van der Waals surface area (Å²) < 4.78 is 6.29. The second-order valence-electron chi connectivity index (χ2n) is 5.51. The molecule has 0 saturated carbocycles. The van der Waals surface area contributed by atoms with Crippen LogP contribution in [0.2, 0.25) is 0 Å². The van der Waals surface area contributed by atoms with Crippen molar-refractivity contribution in [1.29, 1.82) is 5.26 Å². The van der Waals surface area contributed by atoms with Crippen LogP contribution >= 0.6 is 24.0 Å². The number of benzene rings is 1. The highest BCUT2D eigenvalue weighted by molar-refractivity contribution is 8.26. The highest BCUT2D eigenvalue weighted by Gasteiger charge is 2.22. The van der Waals surface area contributed by atoms with Gasteiger partial charge in [0.25, 0.3) is 5.91 Å². The summed E-state index contributed by atoms with van der Waals surface area (Å²) in [4.78, 5) is 16.5. The zero-order valence-corrected chi connectivity index (χ0v) is 15.3. The number of fused-ring (bicyclic) bond motifs is 1. The number of hydrogen-bond donors (Lipinski definition) is 1. The van der Waals surface area contributed by atoms with Gasteiger partial charge in [-0.25, -0.2) is 0 Å².